The van der Waals surface area contributed by atoms with Gasteiger partial charge in [-0.1, -0.05) is 0 Å². The van der Waals surface area contributed by atoms with Gasteiger partial charge >= 0.3 is 11.9 Å². The number of pyridine rings is 1. The van der Waals surface area contributed by atoms with Crippen LogP contribution in [0.15, 0.2) is 12.3 Å². The van der Waals surface area contributed by atoms with E-state index in [0.717, 1.165) is 4.90 Å². The molecule has 0 saturated carbocycles. The van der Waals surface area contributed by atoms with Crippen LogP contribution in [0.4, 0.5) is 24.5 Å². The molecule has 0 aromatic carbocycles. The highest BCUT2D eigenvalue weighted by molar-refractivity contribution is 5.62. The van der Waals surface area contributed by atoms with Gasteiger partial charge in [-0.15, -0.1) is 0 Å². The quantitative estimate of drug-likeness (QED) is 0.632. The molecule has 0 aliphatic heterocycles. The molecule has 0 bridgehead atoms. The SMILES string of the molecule is COCC(O)CN(C)c1cc(C(F)(F)F)ncc1[N+](=O)[O-]. The van der Waals surface area contributed by atoms with Crippen LogP contribution < -0.4 is 4.90 Å². The first kappa shape index (κ1) is 17.1. The molecule has 118 valence electrons. The summed E-state index contributed by atoms with van der Waals surface area (Å²) in [6, 6.07) is 0.581. The number of nitrogens with zero attached hydrogens (tertiary/aromatic N) is 3. The zero-order valence-electron chi connectivity index (χ0n) is 11.3. The zero-order chi connectivity index (χ0) is 16.2. The third-order valence-corrected chi connectivity index (χ3v) is 2.60. The number of rotatable bonds is 6. The van der Waals surface area contributed by atoms with Crippen molar-refractivity contribution in [2.75, 3.05) is 32.2 Å². The monoisotopic (exact) mass is 309 g/mol. The number of likely N-dealkylation sites (N-methyl/N-ethyl adjacent to an activating group) is 1. The number of halogens is 3. The van der Waals surface area contributed by atoms with Gasteiger partial charge in [0.15, 0.2) is 0 Å². The standard InChI is InChI=1S/C11H14F3N3O4/c1-16(5-7(18)6-21-2)8-3-10(11(12,13)14)15-4-9(8)17(19)20/h3-4,7,18H,5-6H2,1-2H3. The molecule has 0 fully saturated rings. The van der Waals surface area contributed by atoms with E-state index in [2.05, 4.69) is 4.98 Å². The molecule has 1 N–H and O–H groups in total. The first-order valence-electron chi connectivity index (χ1n) is 5.76. The summed E-state index contributed by atoms with van der Waals surface area (Å²) < 4.78 is 42.6. The third-order valence-electron chi connectivity index (χ3n) is 2.60. The summed E-state index contributed by atoms with van der Waals surface area (Å²) in [7, 11) is 2.68. The molecule has 1 aromatic rings. The van der Waals surface area contributed by atoms with Gasteiger partial charge in [0.1, 0.15) is 17.6 Å². The number of aliphatic hydroxyl groups is 1. The normalized spacial score (nSPS) is 13.0. The lowest BCUT2D eigenvalue weighted by molar-refractivity contribution is -0.384. The molecule has 10 heteroatoms. The van der Waals surface area contributed by atoms with E-state index >= 15 is 0 Å². The van der Waals surface area contributed by atoms with Crippen molar-refractivity contribution in [2.45, 2.75) is 12.3 Å². The molecule has 0 aliphatic rings. The molecule has 0 spiro atoms. The first-order chi connectivity index (χ1) is 9.66. The predicted molar refractivity (Wildman–Crippen MR) is 67.0 cm³/mol. The van der Waals surface area contributed by atoms with Gasteiger partial charge in [0.05, 0.1) is 17.6 Å². The number of ether oxygens (including phenoxy) is 1. The Kier molecular flexibility index (Phi) is 5.44. The first-order valence-corrected chi connectivity index (χ1v) is 5.76. The number of anilines is 1. The number of alkyl halides is 3. The predicted octanol–water partition coefficient (Wildman–Crippen LogP) is 1.45. The van der Waals surface area contributed by atoms with E-state index in [9.17, 15) is 28.4 Å². The van der Waals surface area contributed by atoms with E-state index in [1.165, 1.54) is 14.2 Å². The summed E-state index contributed by atoms with van der Waals surface area (Å²) in [4.78, 5) is 14.2. The summed E-state index contributed by atoms with van der Waals surface area (Å²) in [6.07, 6.45) is -5.16. The highest BCUT2D eigenvalue weighted by Gasteiger charge is 2.35. The molecule has 1 aromatic heterocycles. The molecule has 1 unspecified atom stereocenters. The van der Waals surface area contributed by atoms with Crippen LogP contribution in [0, 0.1) is 10.1 Å². The van der Waals surface area contributed by atoms with Gasteiger partial charge in [-0.25, -0.2) is 4.98 Å². The lowest BCUT2D eigenvalue weighted by Crippen LogP contribution is -2.32. The Morgan fingerprint density at radius 3 is 2.67 bits per heavy atom. The molecule has 0 radical (unpaired) electrons. The van der Waals surface area contributed by atoms with Gasteiger partial charge in [0.2, 0.25) is 0 Å². The van der Waals surface area contributed by atoms with Crippen molar-refractivity contribution in [3.8, 4) is 0 Å². The van der Waals surface area contributed by atoms with E-state index in [4.69, 9.17) is 4.74 Å². The largest absolute Gasteiger partial charge is 0.433 e. The lowest BCUT2D eigenvalue weighted by atomic mass is 10.2. The fourth-order valence-corrected chi connectivity index (χ4v) is 1.70. The molecule has 0 saturated heterocycles. The van der Waals surface area contributed by atoms with Crippen LogP contribution in [0.1, 0.15) is 5.69 Å². The summed E-state index contributed by atoms with van der Waals surface area (Å²) in [5.74, 6) is 0. The molecular formula is C11H14F3N3O4. The van der Waals surface area contributed by atoms with Crippen molar-refractivity contribution in [1.29, 1.82) is 0 Å². The fraction of sp³-hybridized carbons (Fsp3) is 0.545. The number of methoxy groups -OCH3 is 1. The van der Waals surface area contributed by atoms with Crippen molar-refractivity contribution in [3.63, 3.8) is 0 Å². The topological polar surface area (TPSA) is 88.7 Å². The Morgan fingerprint density at radius 2 is 2.19 bits per heavy atom. The Balaban J connectivity index is 3.14. The van der Waals surface area contributed by atoms with Crippen LogP contribution in [0.5, 0.6) is 0 Å². The van der Waals surface area contributed by atoms with Gasteiger partial charge in [-0.05, 0) is 6.07 Å². The molecule has 0 amide bonds. The van der Waals surface area contributed by atoms with Crippen LogP contribution in [0.2, 0.25) is 0 Å². The number of aliphatic hydroxyl groups excluding tert-OH is 1. The molecule has 1 rings (SSSR count). The Hall–Kier alpha value is -1.94. The van der Waals surface area contributed by atoms with Gasteiger partial charge in [-0.3, -0.25) is 10.1 Å². The van der Waals surface area contributed by atoms with E-state index < -0.39 is 28.6 Å². The Labute approximate surface area is 118 Å². The minimum Gasteiger partial charge on any atom is -0.389 e. The van der Waals surface area contributed by atoms with Crippen molar-refractivity contribution < 1.29 is 27.9 Å². The van der Waals surface area contributed by atoms with Crippen molar-refractivity contribution in [2.24, 2.45) is 0 Å². The van der Waals surface area contributed by atoms with E-state index in [0.29, 0.717) is 12.3 Å². The van der Waals surface area contributed by atoms with E-state index in [1.54, 1.807) is 0 Å². The minimum atomic E-state index is -4.71. The maximum absolute atomic E-state index is 12.6. The van der Waals surface area contributed by atoms with Crippen LogP contribution >= 0.6 is 0 Å². The van der Waals surface area contributed by atoms with Crippen LogP contribution in [0.3, 0.4) is 0 Å². The minimum absolute atomic E-state index is 0.0463. The van der Waals surface area contributed by atoms with E-state index in [1.807, 2.05) is 0 Å². The van der Waals surface area contributed by atoms with Crippen molar-refractivity contribution in [3.05, 3.63) is 28.1 Å². The third kappa shape index (κ3) is 4.53. The molecule has 1 heterocycles. The van der Waals surface area contributed by atoms with Gasteiger partial charge in [0, 0.05) is 20.7 Å². The van der Waals surface area contributed by atoms with Gasteiger partial charge in [0.25, 0.3) is 0 Å². The lowest BCUT2D eigenvalue weighted by Gasteiger charge is -2.22. The molecule has 7 nitrogen and oxygen atoms in total. The summed E-state index contributed by atoms with van der Waals surface area (Å²) in [6.45, 7) is -0.175. The fourth-order valence-electron chi connectivity index (χ4n) is 1.70. The average Bonchev–Trinajstić information content (AvgIpc) is 2.36. The molecule has 0 aliphatic carbocycles. The maximum Gasteiger partial charge on any atom is 0.433 e. The average molecular weight is 309 g/mol. The number of nitro groups is 1. The van der Waals surface area contributed by atoms with Crippen LogP contribution in [0.25, 0.3) is 0 Å². The number of aromatic nitrogens is 1. The van der Waals surface area contributed by atoms with Crippen LogP contribution in [-0.4, -0.2) is 48.4 Å². The second kappa shape index (κ2) is 6.68. The second-order valence-electron chi connectivity index (χ2n) is 4.30. The highest BCUT2D eigenvalue weighted by Crippen LogP contribution is 2.34. The van der Waals surface area contributed by atoms with Gasteiger partial charge in [-0.2, -0.15) is 13.2 Å². The summed E-state index contributed by atoms with van der Waals surface area (Å²) in [5.41, 5.74) is -2.09. The summed E-state index contributed by atoms with van der Waals surface area (Å²) in [5, 5.41) is 20.4. The smallest absolute Gasteiger partial charge is 0.389 e. The molecule has 1 atom stereocenters. The maximum atomic E-state index is 12.6. The Morgan fingerprint density at radius 1 is 1.57 bits per heavy atom. The van der Waals surface area contributed by atoms with Crippen molar-refractivity contribution >= 4 is 11.4 Å². The van der Waals surface area contributed by atoms with Crippen LogP contribution in [-0.2, 0) is 10.9 Å². The van der Waals surface area contributed by atoms with Gasteiger partial charge < -0.3 is 14.7 Å². The molecular weight excluding hydrogens is 295 g/mol. The number of hydrogen-bond donors (Lipinski definition) is 1. The summed E-state index contributed by atoms with van der Waals surface area (Å²) >= 11 is 0. The highest BCUT2D eigenvalue weighted by atomic mass is 19.4. The van der Waals surface area contributed by atoms with Crippen molar-refractivity contribution in [1.82, 2.24) is 4.98 Å². The molecule has 21 heavy (non-hydrogen) atoms. The number of hydrogen-bond acceptors (Lipinski definition) is 6. The zero-order valence-corrected chi connectivity index (χ0v) is 11.3. The second-order valence-corrected chi connectivity index (χ2v) is 4.30. The van der Waals surface area contributed by atoms with E-state index in [-0.39, 0.29) is 18.8 Å². The Bertz CT molecular complexity index is 510.